The molecule has 0 aliphatic rings. The van der Waals surface area contributed by atoms with Crippen LogP contribution in [0.25, 0.3) is 0 Å². The van der Waals surface area contributed by atoms with E-state index in [0.29, 0.717) is 0 Å². The molecular formula is C30H64NO2+. The summed E-state index contributed by atoms with van der Waals surface area (Å²) in [5, 5.41) is 0. The highest BCUT2D eigenvalue weighted by atomic mass is 16.5. The molecule has 0 rings (SSSR count). The Hall–Kier alpha value is -0.120. The summed E-state index contributed by atoms with van der Waals surface area (Å²) in [7, 11) is 6.75. The Morgan fingerprint density at radius 3 is 1.24 bits per heavy atom. The van der Waals surface area contributed by atoms with Gasteiger partial charge in [-0.25, -0.2) is 0 Å². The van der Waals surface area contributed by atoms with Gasteiger partial charge in [-0.3, -0.25) is 0 Å². The standard InChI is InChI=1S/C30H64NO2/c1-6-8-10-12-14-16-18-20-22-24-26-32-29-30(28-31(3,4)5)33-27-25-23-21-19-17-15-13-11-9-7-2/h30H,6-29H2,1-5H3/q+1. The molecule has 0 fully saturated rings. The second kappa shape index (κ2) is 25.0. The zero-order chi connectivity index (χ0) is 24.5. The number of ether oxygens (including phenoxy) is 2. The Labute approximate surface area is 210 Å². The van der Waals surface area contributed by atoms with E-state index in [0.717, 1.165) is 30.8 Å². The molecule has 0 N–H and O–H groups in total. The van der Waals surface area contributed by atoms with E-state index in [4.69, 9.17) is 9.47 Å². The number of nitrogens with zero attached hydrogens (tertiary/aromatic N) is 1. The van der Waals surface area contributed by atoms with Crippen molar-refractivity contribution in [1.82, 2.24) is 0 Å². The van der Waals surface area contributed by atoms with E-state index in [9.17, 15) is 0 Å². The lowest BCUT2D eigenvalue weighted by Crippen LogP contribution is -2.44. The van der Waals surface area contributed by atoms with Gasteiger partial charge in [-0.2, -0.15) is 0 Å². The molecule has 0 radical (unpaired) electrons. The Morgan fingerprint density at radius 2 is 0.848 bits per heavy atom. The van der Waals surface area contributed by atoms with Crippen LogP contribution in [0.15, 0.2) is 0 Å². The number of hydrogen-bond acceptors (Lipinski definition) is 2. The highest BCUT2D eigenvalue weighted by Crippen LogP contribution is 2.12. The smallest absolute Gasteiger partial charge is 0.130 e. The predicted molar refractivity (Wildman–Crippen MR) is 147 cm³/mol. The molecule has 0 aromatic heterocycles. The molecule has 0 aliphatic heterocycles. The maximum absolute atomic E-state index is 6.25. The van der Waals surface area contributed by atoms with Crippen LogP contribution in [0.5, 0.6) is 0 Å². The summed E-state index contributed by atoms with van der Waals surface area (Å²) in [6, 6.07) is 0. The minimum Gasteiger partial charge on any atom is -0.379 e. The van der Waals surface area contributed by atoms with Crippen molar-refractivity contribution in [2.75, 3.05) is 47.5 Å². The number of hydrogen-bond donors (Lipinski definition) is 0. The van der Waals surface area contributed by atoms with Gasteiger partial charge in [-0.15, -0.1) is 0 Å². The van der Waals surface area contributed by atoms with Crippen molar-refractivity contribution >= 4 is 0 Å². The second-order valence-corrected chi connectivity index (χ2v) is 11.4. The molecule has 0 bridgehead atoms. The summed E-state index contributed by atoms with van der Waals surface area (Å²) in [5.74, 6) is 0. The van der Waals surface area contributed by atoms with Gasteiger partial charge in [0, 0.05) is 13.2 Å². The van der Waals surface area contributed by atoms with Gasteiger partial charge >= 0.3 is 0 Å². The van der Waals surface area contributed by atoms with Gasteiger partial charge in [0.1, 0.15) is 12.6 Å². The molecule has 200 valence electrons. The molecule has 0 spiro atoms. The fraction of sp³-hybridized carbons (Fsp3) is 1.00. The number of unbranched alkanes of at least 4 members (excludes halogenated alkanes) is 18. The first-order valence-electron chi connectivity index (χ1n) is 15.0. The van der Waals surface area contributed by atoms with Crippen LogP contribution in [0, 0.1) is 0 Å². The molecule has 1 unspecified atom stereocenters. The van der Waals surface area contributed by atoms with Gasteiger partial charge in [0.15, 0.2) is 0 Å². The monoisotopic (exact) mass is 470 g/mol. The Bertz CT molecular complexity index is 367. The van der Waals surface area contributed by atoms with Gasteiger partial charge < -0.3 is 14.0 Å². The van der Waals surface area contributed by atoms with Crippen molar-refractivity contribution in [3.8, 4) is 0 Å². The van der Waals surface area contributed by atoms with Crippen LogP contribution in [0.2, 0.25) is 0 Å². The van der Waals surface area contributed by atoms with E-state index >= 15 is 0 Å². The lowest BCUT2D eigenvalue weighted by Gasteiger charge is -2.29. The van der Waals surface area contributed by atoms with Crippen LogP contribution in [-0.2, 0) is 9.47 Å². The van der Waals surface area contributed by atoms with Crippen molar-refractivity contribution in [3.63, 3.8) is 0 Å². The van der Waals surface area contributed by atoms with E-state index in [1.165, 1.54) is 128 Å². The summed E-state index contributed by atoms with van der Waals surface area (Å²) >= 11 is 0. The summed E-state index contributed by atoms with van der Waals surface area (Å²) in [5.41, 5.74) is 0. The Morgan fingerprint density at radius 1 is 0.485 bits per heavy atom. The van der Waals surface area contributed by atoms with Crippen LogP contribution in [0.1, 0.15) is 142 Å². The van der Waals surface area contributed by atoms with Crippen molar-refractivity contribution in [1.29, 1.82) is 0 Å². The molecule has 0 heterocycles. The number of rotatable bonds is 27. The largest absolute Gasteiger partial charge is 0.379 e. The predicted octanol–water partition coefficient (Wildman–Crippen LogP) is 8.94. The summed E-state index contributed by atoms with van der Waals surface area (Å²) in [4.78, 5) is 0. The quantitative estimate of drug-likeness (QED) is 0.0881. The van der Waals surface area contributed by atoms with Crippen molar-refractivity contribution in [2.24, 2.45) is 0 Å². The SMILES string of the molecule is CCCCCCCCCCCCOCC(C[N+](C)(C)C)OCCCCCCCCCCCC. The van der Waals surface area contributed by atoms with Gasteiger partial charge in [0.05, 0.1) is 27.7 Å². The molecule has 0 aromatic rings. The first-order chi connectivity index (χ1) is 16.0. The highest BCUT2D eigenvalue weighted by Gasteiger charge is 2.19. The van der Waals surface area contributed by atoms with Crippen LogP contribution in [-0.4, -0.2) is 58.1 Å². The first kappa shape index (κ1) is 32.9. The molecule has 1 atom stereocenters. The lowest BCUT2D eigenvalue weighted by molar-refractivity contribution is -0.873. The van der Waals surface area contributed by atoms with Crippen molar-refractivity contribution < 1.29 is 14.0 Å². The third kappa shape index (κ3) is 28.0. The van der Waals surface area contributed by atoms with Crippen molar-refractivity contribution in [2.45, 2.75) is 148 Å². The fourth-order valence-electron chi connectivity index (χ4n) is 4.51. The first-order valence-corrected chi connectivity index (χ1v) is 15.0. The average molecular weight is 471 g/mol. The molecule has 3 heteroatoms. The average Bonchev–Trinajstić information content (AvgIpc) is 2.77. The topological polar surface area (TPSA) is 18.5 Å². The molecule has 0 aliphatic carbocycles. The maximum atomic E-state index is 6.25. The summed E-state index contributed by atoms with van der Waals surface area (Å²) < 4.78 is 13.2. The third-order valence-electron chi connectivity index (χ3n) is 6.55. The van der Waals surface area contributed by atoms with E-state index in [1.807, 2.05) is 0 Å². The minimum absolute atomic E-state index is 0.228. The van der Waals surface area contributed by atoms with Crippen LogP contribution < -0.4 is 0 Å². The summed E-state index contributed by atoms with van der Waals surface area (Å²) in [6.45, 7) is 8.14. The Kier molecular flexibility index (Phi) is 24.9. The van der Waals surface area contributed by atoms with Gasteiger partial charge in [-0.1, -0.05) is 129 Å². The van der Waals surface area contributed by atoms with E-state index in [-0.39, 0.29) is 6.10 Å². The molecule has 33 heavy (non-hydrogen) atoms. The zero-order valence-electron chi connectivity index (χ0n) is 23.8. The molecule has 0 amide bonds. The summed E-state index contributed by atoms with van der Waals surface area (Å²) in [6.07, 6.45) is 27.7. The number of quaternary nitrogens is 1. The molecule has 0 saturated heterocycles. The van der Waals surface area contributed by atoms with E-state index < -0.39 is 0 Å². The lowest BCUT2D eigenvalue weighted by atomic mass is 10.1. The molecular weight excluding hydrogens is 406 g/mol. The van der Waals surface area contributed by atoms with Crippen LogP contribution in [0.4, 0.5) is 0 Å². The van der Waals surface area contributed by atoms with E-state index in [1.54, 1.807) is 0 Å². The van der Waals surface area contributed by atoms with Crippen molar-refractivity contribution in [3.05, 3.63) is 0 Å². The van der Waals surface area contributed by atoms with E-state index in [2.05, 4.69) is 35.0 Å². The van der Waals surface area contributed by atoms with Gasteiger partial charge in [-0.05, 0) is 12.8 Å². The second-order valence-electron chi connectivity index (χ2n) is 11.4. The van der Waals surface area contributed by atoms with Crippen LogP contribution >= 0.6 is 0 Å². The van der Waals surface area contributed by atoms with Gasteiger partial charge in [0.2, 0.25) is 0 Å². The maximum Gasteiger partial charge on any atom is 0.130 e. The normalized spacial score (nSPS) is 13.0. The zero-order valence-corrected chi connectivity index (χ0v) is 23.8. The molecule has 0 saturated carbocycles. The fourth-order valence-corrected chi connectivity index (χ4v) is 4.51. The van der Waals surface area contributed by atoms with Crippen LogP contribution in [0.3, 0.4) is 0 Å². The highest BCUT2D eigenvalue weighted by molar-refractivity contribution is 4.57. The third-order valence-corrected chi connectivity index (χ3v) is 6.55. The van der Waals surface area contributed by atoms with Gasteiger partial charge in [0.25, 0.3) is 0 Å². The number of likely N-dealkylation sites (N-methyl/N-ethyl adjacent to an activating group) is 1. The Balaban J connectivity index is 3.65. The molecule has 0 aromatic carbocycles. The molecule has 3 nitrogen and oxygen atoms in total. The minimum atomic E-state index is 0.228.